The van der Waals surface area contributed by atoms with E-state index in [1.807, 2.05) is 37.6 Å². The monoisotopic (exact) mass is 273 g/mol. The standard InChI is InChI=1S/C15H19N3O2/c1-5-20-14(19)12-10-17-18(15(2,3)4)13(12)11-7-6-8-16-9-11/h6-10H,5H2,1-4H3. The summed E-state index contributed by atoms with van der Waals surface area (Å²) in [7, 11) is 0. The maximum absolute atomic E-state index is 12.1. The first kappa shape index (κ1) is 14.2. The van der Waals surface area contributed by atoms with Gasteiger partial charge in [0.2, 0.25) is 0 Å². The fourth-order valence-corrected chi connectivity index (χ4v) is 2.00. The Balaban J connectivity index is 2.61. The van der Waals surface area contributed by atoms with Crippen molar-refractivity contribution < 1.29 is 9.53 Å². The molecule has 0 saturated carbocycles. The van der Waals surface area contributed by atoms with Gasteiger partial charge in [-0.05, 0) is 39.8 Å². The van der Waals surface area contributed by atoms with E-state index in [0.717, 1.165) is 11.3 Å². The lowest BCUT2D eigenvalue weighted by molar-refractivity contribution is 0.0527. The van der Waals surface area contributed by atoms with Gasteiger partial charge in [-0.15, -0.1) is 0 Å². The van der Waals surface area contributed by atoms with Crippen molar-refractivity contribution in [3.05, 3.63) is 36.3 Å². The van der Waals surface area contributed by atoms with E-state index in [4.69, 9.17) is 4.74 Å². The zero-order chi connectivity index (χ0) is 14.8. The Hall–Kier alpha value is -2.17. The molecule has 0 aliphatic carbocycles. The summed E-state index contributed by atoms with van der Waals surface area (Å²) in [6, 6.07) is 3.75. The molecule has 0 spiro atoms. The fourth-order valence-electron chi connectivity index (χ4n) is 2.00. The molecule has 0 aromatic carbocycles. The number of esters is 1. The third-order valence-corrected chi connectivity index (χ3v) is 2.83. The van der Waals surface area contributed by atoms with Crippen LogP contribution in [0.1, 0.15) is 38.1 Å². The van der Waals surface area contributed by atoms with E-state index in [9.17, 15) is 4.79 Å². The van der Waals surface area contributed by atoms with Gasteiger partial charge < -0.3 is 4.74 Å². The summed E-state index contributed by atoms with van der Waals surface area (Å²) in [6.45, 7) is 8.24. The molecule has 106 valence electrons. The molecule has 0 atom stereocenters. The van der Waals surface area contributed by atoms with E-state index in [1.54, 1.807) is 25.5 Å². The average molecular weight is 273 g/mol. The van der Waals surface area contributed by atoms with Crippen molar-refractivity contribution >= 4 is 5.97 Å². The van der Waals surface area contributed by atoms with Crippen molar-refractivity contribution in [3.8, 4) is 11.3 Å². The first-order chi connectivity index (χ1) is 9.45. The average Bonchev–Trinajstić information content (AvgIpc) is 2.84. The van der Waals surface area contributed by atoms with Crippen molar-refractivity contribution in [3.63, 3.8) is 0 Å². The summed E-state index contributed by atoms with van der Waals surface area (Å²) in [5, 5.41) is 4.36. The van der Waals surface area contributed by atoms with E-state index in [-0.39, 0.29) is 11.5 Å². The molecule has 2 aromatic rings. The van der Waals surface area contributed by atoms with E-state index < -0.39 is 0 Å². The molecule has 0 amide bonds. The van der Waals surface area contributed by atoms with Gasteiger partial charge in [0.05, 0.1) is 24.0 Å². The fraction of sp³-hybridized carbons (Fsp3) is 0.400. The second-order valence-corrected chi connectivity index (χ2v) is 5.45. The molecule has 2 heterocycles. The first-order valence-corrected chi connectivity index (χ1v) is 6.61. The topological polar surface area (TPSA) is 57.0 Å². The molecule has 0 unspecified atom stereocenters. The lowest BCUT2D eigenvalue weighted by Gasteiger charge is -2.22. The zero-order valence-corrected chi connectivity index (χ0v) is 12.3. The Morgan fingerprint density at radius 3 is 2.65 bits per heavy atom. The van der Waals surface area contributed by atoms with Crippen LogP contribution in [-0.2, 0) is 10.3 Å². The molecule has 0 saturated heterocycles. The second kappa shape index (κ2) is 5.45. The van der Waals surface area contributed by atoms with Crippen molar-refractivity contribution in [2.75, 3.05) is 6.61 Å². The first-order valence-electron chi connectivity index (χ1n) is 6.61. The summed E-state index contributed by atoms with van der Waals surface area (Å²) in [5.41, 5.74) is 1.82. The number of pyridine rings is 1. The molecule has 5 heteroatoms. The minimum Gasteiger partial charge on any atom is -0.462 e. The van der Waals surface area contributed by atoms with Gasteiger partial charge >= 0.3 is 5.97 Å². The number of rotatable bonds is 3. The van der Waals surface area contributed by atoms with Crippen molar-refractivity contribution in [1.29, 1.82) is 0 Å². The molecular weight excluding hydrogens is 254 g/mol. The number of carbonyl (C=O) groups excluding carboxylic acids is 1. The Morgan fingerprint density at radius 1 is 1.35 bits per heavy atom. The third-order valence-electron chi connectivity index (χ3n) is 2.83. The summed E-state index contributed by atoms with van der Waals surface area (Å²) in [5.74, 6) is -0.359. The maximum Gasteiger partial charge on any atom is 0.341 e. The molecule has 0 bridgehead atoms. The molecule has 0 fully saturated rings. The number of carbonyl (C=O) groups is 1. The minimum absolute atomic E-state index is 0.240. The highest BCUT2D eigenvalue weighted by Gasteiger charge is 2.25. The smallest absolute Gasteiger partial charge is 0.341 e. The van der Waals surface area contributed by atoms with Crippen molar-refractivity contribution in [1.82, 2.24) is 14.8 Å². The number of hydrogen-bond acceptors (Lipinski definition) is 4. The van der Waals surface area contributed by atoms with E-state index in [2.05, 4.69) is 10.1 Å². The SMILES string of the molecule is CCOC(=O)c1cnn(C(C)(C)C)c1-c1cccnc1. The predicted octanol–water partition coefficient (Wildman–Crippen LogP) is 2.88. The molecule has 2 rings (SSSR count). The Bertz CT molecular complexity index is 597. The van der Waals surface area contributed by atoms with Crippen LogP contribution in [0.3, 0.4) is 0 Å². The van der Waals surface area contributed by atoms with Crippen LogP contribution in [0, 0.1) is 0 Å². The summed E-state index contributed by atoms with van der Waals surface area (Å²) in [4.78, 5) is 16.2. The normalized spacial score (nSPS) is 11.4. The van der Waals surface area contributed by atoms with Gasteiger partial charge in [-0.1, -0.05) is 0 Å². The Kier molecular flexibility index (Phi) is 3.88. The molecular formula is C15H19N3O2. The van der Waals surface area contributed by atoms with Gasteiger partial charge in [0.15, 0.2) is 0 Å². The number of hydrogen-bond donors (Lipinski definition) is 0. The van der Waals surface area contributed by atoms with Crippen molar-refractivity contribution in [2.24, 2.45) is 0 Å². The van der Waals surface area contributed by atoms with E-state index in [1.165, 1.54) is 0 Å². The predicted molar refractivity (Wildman–Crippen MR) is 76.4 cm³/mol. The van der Waals surface area contributed by atoms with Crippen LogP contribution in [0.25, 0.3) is 11.3 Å². The van der Waals surface area contributed by atoms with Gasteiger partial charge in [-0.25, -0.2) is 4.79 Å². The molecule has 2 aromatic heterocycles. The van der Waals surface area contributed by atoms with Gasteiger partial charge in [0.1, 0.15) is 5.56 Å². The van der Waals surface area contributed by atoms with Crippen LogP contribution >= 0.6 is 0 Å². The third kappa shape index (κ3) is 2.71. The number of nitrogens with zero attached hydrogens (tertiary/aromatic N) is 3. The van der Waals surface area contributed by atoms with Gasteiger partial charge in [0, 0.05) is 18.0 Å². The number of aromatic nitrogens is 3. The molecule has 0 N–H and O–H groups in total. The lowest BCUT2D eigenvalue weighted by atomic mass is 10.1. The highest BCUT2D eigenvalue weighted by Crippen LogP contribution is 2.28. The summed E-state index contributed by atoms with van der Waals surface area (Å²) < 4.78 is 6.93. The van der Waals surface area contributed by atoms with Crippen LogP contribution in [0.5, 0.6) is 0 Å². The maximum atomic E-state index is 12.1. The van der Waals surface area contributed by atoms with E-state index in [0.29, 0.717) is 12.2 Å². The Morgan fingerprint density at radius 2 is 2.10 bits per heavy atom. The molecule has 0 aliphatic heterocycles. The highest BCUT2D eigenvalue weighted by molar-refractivity contribution is 5.96. The largest absolute Gasteiger partial charge is 0.462 e. The number of ether oxygens (including phenoxy) is 1. The molecule has 20 heavy (non-hydrogen) atoms. The van der Waals surface area contributed by atoms with Gasteiger partial charge in [-0.3, -0.25) is 9.67 Å². The van der Waals surface area contributed by atoms with Gasteiger partial charge in [0.25, 0.3) is 0 Å². The van der Waals surface area contributed by atoms with Crippen LogP contribution in [-0.4, -0.2) is 27.3 Å². The van der Waals surface area contributed by atoms with Crippen LogP contribution < -0.4 is 0 Å². The molecule has 0 radical (unpaired) electrons. The van der Waals surface area contributed by atoms with Crippen molar-refractivity contribution in [2.45, 2.75) is 33.2 Å². The van der Waals surface area contributed by atoms with Crippen LogP contribution in [0.4, 0.5) is 0 Å². The van der Waals surface area contributed by atoms with Gasteiger partial charge in [-0.2, -0.15) is 5.10 Å². The second-order valence-electron chi connectivity index (χ2n) is 5.45. The lowest BCUT2D eigenvalue weighted by Crippen LogP contribution is -2.24. The molecule has 5 nitrogen and oxygen atoms in total. The minimum atomic E-state index is -0.359. The quantitative estimate of drug-likeness (QED) is 0.807. The zero-order valence-electron chi connectivity index (χ0n) is 12.3. The van der Waals surface area contributed by atoms with Crippen LogP contribution in [0.15, 0.2) is 30.7 Å². The van der Waals surface area contributed by atoms with Crippen LogP contribution in [0.2, 0.25) is 0 Å². The summed E-state index contributed by atoms with van der Waals surface area (Å²) >= 11 is 0. The Labute approximate surface area is 118 Å². The highest BCUT2D eigenvalue weighted by atomic mass is 16.5. The molecule has 0 aliphatic rings. The summed E-state index contributed by atoms with van der Waals surface area (Å²) in [6.07, 6.45) is 4.99. The van der Waals surface area contributed by atoms with E-state index >= 15 is 0 Å².